The van der Waals surface area contributed by atoms with Gasteiger partial charge >= 0.3 is 6.18 Å². The van der Waals surface area contributed by atoms with Crippen LogP contribution >= 0.6 is 23.2 Å². The summed E-state index contributed by atoms with van der Waals surface area (Å²) < 4.78 is 36.4. The number of ketones is 1. The molecule has 0 aliphatic heterocycles. The molecule has 0 aliphatic carbocycles. The standard InChI is InChI=1S/C8H4Cl2F3NO/c1-3-2-4(9)14-7(10)5(3)6(15)8(11,12)13/h2H,1H3. The molecule has 2 nitrogen and oxygen atoms in total. The van der Waals surface area contributed by atoms with Crippen molar-refractivity contribution in [2.24, 2.45) is 0 Å². The van der Waals surface area contributed by atoms with E-state index in [9.17, 15) is 18.0 Å². The smallest absolute Gasteiger partial charge is 0.284 e. The van der Waals surface area contributed by atoms with Crippen molar-refractivity contribution in [3.63, 3.8) is 0 Å². The highest BCUT2D eigenvalue weighted by Crippen LogP contribution is 2.28. The van der Waals surface area contributed by atoms with E-state index in [1.54, 1.807) is 0 Å². The Bertz CT molecular complexity index is 394. The van der Waals surface area contributed by atoms with Crippen molar-refractivity contribution >= 4 is 29.0 Å². The lowest BCUT2D eigenvalue weighted by molar-refractivity contribution is -0.0885. The van der Waals surface area contributed by atoms with Gasteiger partial charge in [0.15, 0.2) is 0 Å². The highest BCUT2D eigenvalue weighted by Gasteiger charge is 2.41. The summed E-state index contributed by atoms with van der Waals surface area (Å²) in [5.41, 5.74) is -0.615. The molecule has 15 heavy (non-hydrogen) atoms. The molecule has 0 saturated carbocycles. The lowest BCUT2D eigenvalue weighted by Gasteiger charge is -2.09. The van der Waals surface area contributed by atoms with Crippen molar-refractivity contribution in [2.45, 2.75) is 13.1 Å². The fraction of sp³-hybridized carbons (Fsp3) is 0.250. The molecule has 0 unspecified atom stereocenters. The first-order valence-corrected chi connectivity index (χ1v) is 4.43. The first-order valence-electron chi connectivity index (χ1n) is 3.67. The van der Waals surface area contributed by atoms with Crippen molar-refractivity contribution in [1.29, 1.82) is 0 Å². The number of aryl methyl sites for hydroxylation is 1. The van der Waals surface area contributed by atoms with Gasteiger partial charge in [-0.3, -0.25) is 4.79 Å². The van der Waals surface area contributed by atoms with Gasteiger partial charge in [-0.2, -0.15) is 13.2 Å². The average molecular weight is 258 g/mol. The Kier molecular flexibility index (Phi) is 3.25. The molecule has 82 valence electrons. The van der Waals surface area contributed by atoms with Crippen LogP contribution in [0.2, 0.25) is 10.3 Å². The van der Waals surface area contributed by atoms with Crippen molar-refractivity contribution in [3.05, 3.63) is 27.5 Å². The fourth-order valence-electron chi connectivity index (χ4n) is 1.01. The third-order valence-electron chi connectivity index (χ3n) is 1.63. The van der Waals surface area contributed by atoms with E-state index < -0.39 is 22.7 Å². The van der Waals surface area contributed by atoms with E-state index >= 15 is 0 Å². The largest absolute Gasteiger partial charge is 0.454 e. The SMILES string of the molecule is Cc1cc(Cl)nc(Cl)c1C(=O)C(F)(F)F. The van der Waals surface area contributed by atoms with E-state index in [2.05, 4.69) is 4.98 Å². The topological polar surface area (TPSA) is 30.0 Å². The van der Waals surface area contributed by atoms with E-state index in [0.717, 1.165) is 6.07 Å². The molecule has 1 rings (SSSR count). The lowest BCUT2D eigenvalue weighted by atomic mass is 10.1. The van der Waals surface area contributed by atoms with E-state index in [0.29, 0.717) is 0 Å². The van der Waals surface area contributed by atoms with Crippen molar-refractivity contribution in [1.82, 2.24) is 4.98 Å². The van der Waals surface area contributed by atoms with Crippen LogP contribution in [0, 0.1) is 6.92 Å². The van der Waals surface area contributed by atoms with Gasteiger partial charge in [0.25, 0.3) is 5.78 Å². The number of carbonyl (C=O) groups is 1. The molecule has 7 heteroatoms. The van der Waals surface area contributed by atoms with Gasteiger partial charge in [-0.15, -0.1) is 0 Å². The van der Waals surface area contributed by atoms with Gasteiger partial charge < -0.3 is 0 Å². The second-order valence-corrected chi connectivity index (χ2v) is 3.50. The van der Waals surface area contributed by atoms with Crippen LogP contribution < -0.4 is 0 Å². The summed E-state index contributed by atoms with van der Waals surface area (Å²) in [6.45, 7) is 1.30. The molecule has 0 atom stereocenters. The van der Waals surface area contributed by atoms with Crippen LogP contribution in [-0.2, 0) is 0 Å². The second-order valence-electron chi connectivity index (χ2n) is 2.75. The van der Waals surface area contributed by atoms with Crippen LogP contribution in [0.5, 0.6) is 0 Å². The summed E-state index contributed by atoms with van der Waals surface area (Å²) in [6.07, 6.45) is -4.97. The van der Waals surface area contributed by atoms with E-state index in [1.807, 2.05) is 0 Å². The molecule has 0 amide bonds. The summed E-state index contributed by atoms with van der Waals surface area (Å²) in [5.74, 6) is -2.02. The Morgan fingerprint density at radius 3 is 2.33 bits per heavy atom. The van der Waals surface area contributed by atoms with E-state index in [1.165, 1.54) is 6.92 Å². The molecular weight excluding hydrogens is 254 g/mol. The summed E-state index contributed by atoms with van der Waals surface area (Å²) in [4.78, 5) is 14.3. The minimum Gasteiger partial charge on any atom is -0.284 e. The minimum absolute atomic E-state index is 0.0438. The van der Waals surface area contributed by atoms with Crippen LogP contribution in [-0.4, -0.2) is 16.9 Å². The highest BCUT2D eigenvalue weighted by molar-refractivity contribution is 6.35. The maximum atomic E-state index is 12.1. The molecule has 0 aromatic carbocycles. The number of pyridine rings is 1. The molecule has 1 heterocycles. The van der Waals surface area contributed by atoms with Crippen molar-refractivity contribution in [3.8, 4) is 0 Å². The molecule has 1 aromatic heterocycles. The van der Waals surface area contributed by atoms with Gasteiger partial charge in [0.05, 0.1) is 5.56 Å². The van der Waals surface area contributed by atoms with Gasteiger partial charge in [0, 0.05) is 0 Å². The van der Waals surface area contributed by atoms with E-state index in [-0.39, 0.29) is 10.7 Å². The third kappa shape index (κ3) is 2.60. The maximum absolute atomic E-state index is 12.1. The van der Waals surface area contributed by atoms with Crippen molar-refractivity contribution in [2.75, 3.05) is 0 Å². The molecule has 0 spiro atoms. The molecule has 0 bridgehead atoms. The number of nitrogens with zero attached hydrogens (tertiary/aromatic N) is 1. The number of aromatic nitrogens is 1. The Morgan fingerprint density at radius 2 is 1.93 bits per heavy atom. The number of carbonyl (C=O) groups excluding carboxylic acids is 1. The molecular formula is C8H4Cl2F3NO. The minimum atomic E-state index is -4.97. The van der Waals surface area contributed by atoms with Crippen LogP contribution in [0.4, 0.5) is 13.2 Å². The average Bonchev–Trinajstić information content (AvgIpc) is 1.99. The summed E-state index contributed by atoms with van der Waals surface area (Å²) in [7, 11) is 0. The molecule has 0 aliphatic rings. The number of rotatable bonds is 1. The van der Waals surface area contributed by atoms with Gasteiger partial charge in [-0.05, 0) is 18.6 Å². The molecule has 0 N–H and O–H groups in total. The monoisotopic (exact) mass is 257 g/mol. The molecule has 0 radical (unpaired) electrons. The Hall–Kier alpha value is -0.810. The predicted octanol–water partition coefficient (Wildman–Crippen LogP) is 3.44. The Balaban J connectivity index is 3.33. The Labute approximate surface area is 93.0 Å². The molecule has 0 fully saturated rings. The summed E-state index contributed by atoms with van der Waals surface area (Å²) >= 11 is 10.9. The fourth-order valence-corrected chi connectivity index (χ4v) is 1.63. The maximum Gasteiger partial charge on any atom is 0.454 e. The number of hydrogen-bond acceptors (Lipinski definition) is 2. The van der Waals surface area contributed by atoms with Gasteiger partial charge in [0.2, 0.25) is 0 Å². The number of hydrogen-bond donors (Lipinski definition) is 0. The summed E-state index contributed by atoms with van der Waals surface area (Å²) in [6, 6.07) is 1.15. The molecule has 0 saturated heterocycles. The molecule has 1 aromatic rings. The third-order valence-corrected chi connectivity index (χ3v) is 2.09. The lowest BCUT2D eigenvalue weighted by Crippen LogP contribution is -2.24. The normalized spacial score (nSPS) is 11.6. The van der Waals surface area contributed by atoms with Gasteiger partial charge in [0.1, 0.15) is 10.3 Å². The summed E-state index contributed by atoms with van der Waals surface area (Å²) in [5, 5.41) is -0.599. The van der Waals surface area contributed by atoms with Crippen LogP contribution in [0.25, 0.3) is 0 Å². The zero-order valence-electron chi connectivity index (χ0n) is 7.32. The number of halogens is 5. The first kappa shape index (κ1) is 12.3. The first-order chi connectivity index (χ1) is 6.73. The number of alkyl halides is 3. The predicted molar refractivity (Wildman–Crippen MR) is 49.4 cm³/mol. The highest BCUT2D eigenvalue weighted by atomic mass is 35.5. The van der Waals surface area contributed by atoms with Gasteiger partial charge in [-0.25, -0.2) is 4.98 Å². The number of Topliss-reactive ketones (excluding diaryl/α,β-unsaturated/α-hetero) is 1. The van der Waals surface area contributed by atoms with Crippen molar-refractivity contribution < 1.29 is 18.0 Å². The van der Waals surface area contributed by atoms with Crippen LogP contribution in [0.15, 0.2) is 6.07 Å². The quantitative estimate of drug-likeness (QED) is 0.570. The Morgan fingerprint density at radius 1 is 1.40 bits per heavy atom. The second kappa shape index (κ2) is 3.98. The zero-order valence-corrected chi connectivity index (χ0v) is 8.83. The van der Waals surface area contributed by atoms with Gasteiger partial charge in [-0.1, -0.05) is 23.2 Å². The van der Waals surface area contributed by atoms with Crippen LogP contribution in [0.1, 0.15) is 15.9 Å². The zero-order chi connectivity index (χ0) is 11.8. The van der Waals surface area contributed by atoms with E-state index in [4.69, 9.17) is 23.2 Å². The van der Waals surface area contributed by atoms with Crippen LogP contribution in [0.3, 0.4) is 0 Å².